The highest BCUT2D eigenvalue weighted by Gasteiger charge is 2.39. The number of aryl methyl sites for hydroxylation is 1. The van der Waals surface area contributed by atoms with Crippen LogP contribution in [0.1, 0.15) is 47.9 Å². The molecule has 0 radical (unpaired) electrons. The Kier molecular flexibility index (Phi) is 4.34. The molecule has 26 heavy (non-hydrogen) atoms. The fraction of sp³-hybridized carbons (Fsp3) is 0.500. The van der Waals surface area contributed by atoms with Crippen LogP contribution < -0.4 is 9.47 Å². The van der Waals surface area contributed by atoms with Crippen LogP contribution in [0.2, 0.25) is 0 Å². The molecule has 1 saturated carbocycles. The fourth-order valence-electron chi connectivity index (χ4n) is 3.89. The van der Waals surface area contributed by atoms with Gasteiger partial charge in [0.05, 0.1) is 19.9 Å². The third-order valence-electron chi connectivity index (χ3n) is 5.53. The number of amides is 1. The molecule has 1 aromatic heterocycles. The Bertz CT molecular complexity index is 825. The normalized spacial score (nSPS) is 19.7. The van der Waals surface area contributed by atoms with Crippen molar-refractivity contribution in [3.8, 4) is 11.5 Å². The summed E-state index contributed by atoms with van der Waals surface area (Å²) in [4.78, 5) is 15.0. The molecule has 4 rings (SSSR count). The van der Waals surface area contributed by atoms with E-state index in [1.807, 2.05) is 30.0 Å². The minimum atomic E-state index is -0.271. The van der Waals surface area contributed by atoms with Gasteiger partial charge in [-0.3, -0.25) is 4.79 Å². The number of fused-ring (bicyclic) bond motifs is 1. The van der Waals surface area contributed by atoms with Crippen molar-refractivity contribution in [1.82, 2.24) is 10.1 Å². The maximum atomic E-state index is 13.1. The quantitative estimate of drug-likeness (QED) is 0.841. The first-order valence-electron chi connectivity index (χ1n) is 9.11. The SMILES string of the molecule is COc1cc2c(cc1OC)C(c1cc(C)no1)N(C(=O)C1CCC1)CC2. The third-order valence-corrected chi connectivity index (χ3v) is 5.53. The molecule has 1 aliphatic carbocycles. The minimum absolute atomic E-state index is 0.142. The van der Waals surface area contributed by atoms with Gasteiger partial charge in [0, 0.05) is 18.5 Å². The van der Waals surface area contributed by atoms with Crippen molar-refractivity contribution in [2.24, 2.45) is 5.92 Å². The number of hydrogen-bond donors (Lipinski definition) is 0. The second-order valence-electron chi connectivity index (χ2n) is 7.09. The molecule has 1 amide bonds. The molecule has 6 nitrogen and oxygen atoms in total. The summed E-state index contributed by atoms with van der Waals surface area (Å²) in [6, 6.07) is 5.62. The fourth-order valence-corrected chi connectivity index (χ4v) is 3.89. The number of hydrogen-bond acceptors (Lipinski definition) is 5. The summed E-state index contributed by atoms with van der Waals surface area (Å²) in [6.07, 6.45) is 3.89. The summed E-state index contributed by atoms with van der Waals surface area (Å²) in [6.45, 7) is 2.56. The second-order valence-corrected chi connectivity index (χ2v) is 7.09. The Morgan fingerprint density at radius 3 is 2.50 bits per heavy atom. The van der Waals surface area contributed by atoms with E-state index < -0.39 is 0 Å². The average molecular weight is 356 g/mol. The van der Waals surface area contributed by atoms with Gasteiger partial charge in [-0.15, -0.1) is 0 Å². The van der Waals surface area contributed by atoms with Crippen molar-refractivity contribution in [1.29, 1.82) is 0 Å². The predicted octanol–water partition coefficient (Wildman–Crippen LogP) is 3.27. The molecule has 1 fully saturated rings. The van der Waals surface area contributed by atoms with Crippen LogP contribution in [0.25, 0.3) is 0 Å². The van der Waals surface area contributed by atoms with Crippen LogP contribution >= 0.6 is 0 Å². The van der Waals surface area contributed by atoms with Crippen molar-refractivity contribution in [3.05, 3.63) is 40.8 Å². The van der Waals surface area contributed by atoms with Gasteiger partial charge in [0.1, 0.15) is 6.04 Å². The van der Waals surface area contributed by atoms with Crippen LogP contribution in [-0.4, -0.2) is 36.7 Å². The van der Waals surface area contributed by atoms with Crippen molar-refractivity contribution in [3.63, 3.8) is 0 Å². The van der Waals surface area contributed by atoms with Gasteiger partial charge in [0.25, 0.3) is 0 Å². The zero-order valence-corrected chi connectivity index (χ0v) is 15.4. The Morgan fingerprint density at radius 2 is 1.92 bits per heavy atom. The predicted molar refractivity (Wildman–Crippen MR) is 95.4 cm³/mol. The first-order valence-corrected chi connectivity index (χ1v) is 9.11. The van der Waals surface area contributed by atoms with Crippen LogP contribution in [0.15, 0.2) is 22.7 Å². The van der Waals surface area contributed by atoms with Crippen molar-refractivity contribution in [2.75, 3.05) is 20.8 Å². The van der Waals surface area contributed by atoms with E-state index in [0.29, 0.717) is 23.8 Å². The number of benzene rings is 1. The number of ether oxygens (including phenoxy) is 2. The molecule has 2 aliphatic rings. The van der Waals surface area contributed by atoms with E-state index in [2.05, 4.69) is 5.16 Å². The summed E-state index contributed by atoms with van der Waals surface area (Å²) >= 11 is 0. The zero-order chi connectivity index (χ0) is 18.3. The smallest absolute Gasteiger partial charge is 0.226 e. The number of carbonyl (C=O) groups is 1. The zero-order valence-electron chi connectivity index (χ0n) is 15.4. The highest BCUT2D eigenvalue weighted by Crippen LogP contribution is 2.42. The summed E-state index contributed by atoms with van der Waals surface area (Å²) in [5.74, 6) is 2.42. The van der Waals surface area contributed by atoms with Crippen molar-refractivity contribution in [2.45, 2.75) is 38.6 Å². The first-order chi connectivity index (χ1) is 12.6. The highest BCUT2D eigenvalue weighted by molar-refractivity contribution is 5.81. The average Bonchev–Trinajstić information content (AvgIpc) is 3.03. The van der Waals surface area contributed by atoms with Gasteiger partial charge in [0.15, 0.2) is 17.3 Å². The summed E-state index contributed by atoms with van der Waals surface area (Å²) in [5.41, 5.74) is 2.99. The largest absolute Gasteiger partial charge is 0.493 e. The van der Waals surface area contributed by atoms with E-state index in [0.717, 1.165) is 42.5 Å². The van der Waals surface area contributed by atoms with Gasteiger partial charge in [0.2, 0.25) is 5.91 Å². The molecule has 0 bridgehead atoms. The Balaban J connectivity index is 1.81. The van der Waals surface area contributed by atoms with E-state index in [1.165, 1.54) is 0 Å². The van der Waals surface area contributed by atoms with Gasteiger partial charge in [-0.1, -0.05) is 11.6 Å². The van der Waals surface area contributed by atoms with Crippen LogP contribution in [0.5, 0.6) is 11.5 Å². The van der Waals surface area contributed by atoms with Gasteiger partial charge in [-0.2, -0.15) is 0 Å². The van der Waals surface area contributed by atoms with E-state index in [4.69, 9.17) is 14.0 Å². The van der Waals surface area contributed by atoms with Gasteiger partial charge in [-0.25, -0.2) is 0 Å². The standard InChI is InChI=1S/C20H24N2O4/c1-12-9-18(26-21-12)19-15-11-17(25-3)16(24-2)10-14(15)7-8-22(19)20(23)13-5-4-6-13/h9-11,13,19H,4-8H2,1-3H3. The summed E-state index contributed by atoms with van der Waals surface area (Å²) < 4.78 is 16.5. The molecule has 138 valence electrons. The number of rotatable bonds is 4. The lowest BCUT2D eigenvalue weighted by molar-refractivity contribution is -0.140. The molecule has 0 N–H and O–H groups in total. The maximum Gasteiger partial charge on any atom is 0.226 e. The minimum Gasteiger partial charge on any atom is -0.493 e. The lowest BCUT2D eigenvalue weighted by Crippen LogP contribution is -2.45. The second kappa shape index (κ2) is 6.67. The Morgan fingerprint density at radius 1 is 1.19 bits per heavy atom. The molecule has 1 unspecified atom stereocenters. The van der Waals surface area contributed by atoms with E-state index >= 15 is 0 Å². The lowest BCUT2D eigenvalue weighted by atomic mass is 9.82. The summed E-state index contributed by atoms with van der Waals surface area (Å²) in [5, 5.41) is 4.04. The monoisotopic (exact) mass is 356 g/mol. The van der Waals surface area contributed by atoms with Crippen LogP contribution in [0, 0.1) is 12.8 Å². The first kappa shape index (κ1) is 16.9. The van der Waals surface area contributed by atoms with Gasteiger partial charge < -0.3 is 18.9 Å². The number of carbonyl (C=O) groups excluding carboxylic acids is 1. The molecule has 0 saturated heterocycles. The van der Waals surface area contributed by atoms with Crippen molar-refractivity contribution < 1.29 is 18.8 Å². The maximum absolute atomic E-state index is 13.1. The molecule has 2 aromatic rings. The van der Waals surface area contributed by atoms with E-state index in [9.17, 15) is 4.79 Å². The summed E-state index contributed by atoms with van der Waals surface area (Å²) in [7, 11) is 3.26. The lowest BCUT2D eigenvalue weighted by Gasteiger charge is -2.40. The molecule has 1 aliphatic heterocycles. The number of methoxy groups -OCH3 is 2. The number of aromatic nitrogens is 1. The van der Waals surface area contributed by atoms with Gasteiger partial charge >= 0.3 is 0 Å². The van der Waals surface area contributed by atoms with Crippen LogP contribution in [0.4, 0.5) is 0 Å². The van der Waals surface area contributed by atoms with Crippen LogP contribution in [0.3, 0.4) is 0 Å². The topological polar surface area (TPSA) is 64.8 Å². The van der Waals surface area contributed by atoms with Crippen LogP contribution in [-0.2, 0) is 11.2 Å². The molecule has 1 atom stereocenters. The third kappa shape index (κ3) is 2.73. The molecule has 1 aromatic carbocycles. The highest BCUT2D eigenvalue weighted by atomic mass is 16.5. The van der Waals surface area contributed by atoms with Crippen molar-refractivity contribution >= 4 is 5.91 Å². The van der Waals surface area contributed by atoms with Gasteiger partial charge in [-0.05, 0) is 49.4 Å². The molecular weight excluding hydrogens is 332 g/mol. The molecule has 2 heterocycles. The Hall–Kier alpha value is -2.50. The molecular formula is C20H24N2O4. The molecule has 6 heteroatoms. The van der Waals surface area contributed by atoms with E-state index in [-0.39, 0.29) is 17.9 Å². The van der Waals surface area contributed by atoms with E-state index in [1.54, 1.807) is 14.2 Å². The Labute approximate surface area is 153 Å². The molecule has 0 spiro atoms. The number of nitrogens with zero attached hydrogens (tertiary/aromatic N) is 2.